The number of amides is 1. The fourth-order valence-electron chi connectivity index (χ4n) is 1.95. The molecule has 1 amide bonds. The summed E-state index contributed by atoms with van der Waals surface area (Å²) in [6.45, 7) is 3.59. The number of nitrogens with zero attached hydrogens (tertiary/aromatic N) is 1. The summed E-state index contributed by atoms with van der Waals surface area (Å²) in [7, 11) is 0. The molecule has 0 unspecified atom stereocenters. The first-order chi connectivity index (χ1) is 11.4. The Balaban J connectivity index is 2.31. The molecule has 0 bridgehead atoms. The Labute approximate surface area is 139 Å². The first-order valence-corrected chi connectivity index (χ1v) is 7.36. The van der Waals surface area contributed by atoms with Crippen LogP contribution in [0.1, 0.15) is 30.6 Å². The number of aromatic nitrogens is 1. The van der Waals surface area contributed by atoms with E-state index in [0.717, 1.165) is 12.1 Å². The van der Waals surface area contributed by atoms with Crippen molar-refractivity contribution in [2.24, 2.45) is 0 Å². The van der Waals surface area contributed by atoms with Crippen molar-refractivity contribution in [2.45, 2.75) is 25.8 Å². The van der Waals surface area contributed by atoms with Gasteiger partial charge in [-0.15, -0.1) is 6.42 Å². The van der Waals surface area contributed by atoms with E-state index in [2.05, 4.69) is 21.5 Å². The Hall–Kier alpha value is -2.94. The Morgan fingerprint density at radius 1 is 1.38 bits per heavy atom. The van der Waals surface area contributed by atoms with Crippen molar-refractivity contribution in [2.75, 3.05) is 5.32 Å². The van der Waals surface area contributed by atoms with Gasteiger partial charge in [-0.1, -0.05) is 12.8 Å². The fraction of sp³-hybridized carbons (Fsp3) is 0.222. The number of carbonyl (C=O) groups excluding carboxylic acids is 1. The molecular weight excluding hydrogens is 312 g/mol. The number of benzene rings is 1. The van der Waals surface area contributed by atoms with Crippen LogP contribution in [-0.2, 0) is 0 Å². The second-order valence-electron chi connectivity index (χ2n) is 5.43. The van der Waals surface area contributed by atoms with Crippen LogP contribution in [0.15, 0.2) is 36.5 Å². The van der Waals surface area contributed by atoms with Crippen molar-refractivity contribution >= 4 is 17.4 Å². The van der Waals surface area contributed by atoms with Crippen LogP contribution in [0.4, 0.5) is 20.3 Å². The zero-order chi connectivity index (χ0) is 17.7. The SMILES string of the molecule is C#C[C@](C)(CC)NC(=O)c1cccnc1Nc1ccc(F)cc1F. The standard InChI is InChI=1S/C18H17F2N3O/c1-4-18(3,5-2)23-17(24)13-7-6-10-21-16(13)22-15-9-8-12(19)11-14(15)20/h1,6-11H,5H2,2-3H3,(H,21,22)(H,23,24)/t18-/m1/s1. The highest BCUT2D eigenvalue weighted by Gasteiger charge is 2.24. The van der Waals surface area contributed by atoms with Gasteiger partial charge in [-0.2, -0.15) is 0 Å². The summed E-state index contributed by atoms with van der Waals surface area (Å²) in [4.78, 5) is 16.5. The molecule has 24 heavy (non-hydrogen) atoms. The van der Waals surface area contributed by atoms with Crippen molar-refractivity contribution < 1.29 is 13.6 Å². The highest BCUT2D eigenvalue weighted by atomic mass is 19.1. The first-order valence-electron chi connectivity index (χ1n) is 7.36. The second-order valence-corrected chi connectivity index (χ2v) is 5.43. The summed E-state index contributed by atoms with van der Waals surface area (Å²) in [5.41, 5.74) is -0.582. The van der Waals surface area contributed by atoms with Gasteiger partial charge in [0.25, 0.3) is 5.91 Å². The monoisotopic (exact) mass is 329 g/mol. The van der Waals surface area contributed by atoms with Gasteiger partial charge in [0.2, 0.25) is 0 Å². The number of halogens is 2. The van der Waals surface area contributed by atoms with Crippen molar-refractivity contribution in [3.8, 4) is 12.3 Å². The lowest BCUT2D eigenvalue weighted by Gasteiger charge is -2.24. The molecule has 2 rings (SSSR count). The van der Waals surface area contributed by atoms with Gasteiger partial charge in [0, 0.05) is 12.3 Å². The lowest BCUT2D eigenvalue weighted by Crippen LogP contribution is -2.44. The number of carbonyl (C=O) groups is 1. The molecule has 1 heterocycles. The number of pyridine rings is 1. The minimum atomic E-state index is -0.800. The molecule has 0 aliphatic rings. The third kappa shape index (κ3) is 3.87. The molecule has 2 N–H and O–H groups in total. The predicted octanol–water partition coefficient (Wildman–Crippen LogP) is 3.64. The minimum Gasteiger partial charge on any atom is -0.337 e. The molecule has 124 valence electrons. The number of hydrogen-bond acceptors (Lipinski definition) is 3. The molecule has 1 aromatic heterocycles. The van der Waals surface area contributed by atoms with Gasteiger partial charge in [-0.05, 0) is 37.6 Å². The van der Waals surface area contributed by atoms with Crippen LogP contribution in [0.25, 0.3) is 0 Å². The minimum absolute atomic E-state index is 0.0133. The summed E-state index contributed by atoms with van der Waals surface area (Å²) in [5, 5.41) is 5.46. The lowest BCUT2D eigenvalue weighted by molar-refractivity contribution is 0.0924. The van der Waals surface area contributed by atoms with Gasteiger partial charge >= 0.3 is 0 Å². The van der Waals surface area contributed by atoms with E-state index < -0.39 is 23.1 Å². The Morgan fingerprint density at radius 2 is 2.12 bits per heavy atom. The van der Waals surface area contributed by atoms with Crippen LogP contribution >= 0.6 is 0 Å². The van der Waals surface area contributed by atoms with E-state index in [1.54, 1.807) is 19.1 Å². The molecule has 0 radical (unpaired) electrons. The van der Waals surface area contributed by atoms with E-state index in [1.165, 1.54) is 12.3 Å². The van der Waals surface area contributed by atoms with Crippen molar-refractivity contribution in [3.05, 3.63) is 53.7 Å². The number of nitrogens with one attached hydrogen (secondary N) is 2. The molecule has 6 heteroatoms. The second kappa shape index (κ2) is 7.09. The van der Waals surface area contributed by atoms with E-state index in [9.17, 15) is 13.6 Å². The summed E-state index contributed by atoms with van der Waals surface area (Å²) >= 11 is 0. The average molecular weight is 329 g/mol. The Morgan fingerprint density at radius 3 is 2.75 bits per heavy atom. The normalized spacial score (nSPS) is 12.8. The van der Waals surface area contributed by atoms with E-state index in [-0.39, 0.29) is 17.1 Å². The van der Waals surface area contributed by atoms with E-state index >= 15 is 0 Å². The molecule has 0 saturated heterocycles. The van der Waals surface area contributed by atoms with Crippen LogP contribution in [0.3, 0.4) is 0 Å². The van der Waals surface area contributed by atoms with Gasteiger partial charge in [0.05, 0.1) is 16.8 Å². The smallest absolute Gasteiger partial charge is 0.256 e. The topological polar surface area (TPSA) is 54.0 Å². The maximum absolute atomic E-state index is 13.8. The fourth-order valence-corrected chi connectivity index (χ4v) is 1.95. The molecule has 2 aromatic rings. The summed E-state index contributed by atoms with van der Waals surface area (Å²) < 4.78 is 26.8. The zero-order valence-electron chi connectivity index (χ0n) is 13.4. The van der Waals surface area contributed by atoms with Gasteiger partial charge in [-0.3, -0.25) is 4.79 Å². The molecule has 0 aliphatic carbocycles. The number of rotatable bonds is 5. The highest BCUT2D eigenvalue weighted by Crippen LogP contribution is 2.22. The van der Waals surface area contributed by atoms with Crippen LogP contribution in [0, 0.1) is 24.0 Å². The molecule has 0 aliphatic heterocycles. The van der Waals surface area contributed by atoms with Gasteiger partial charge in [0.1, 0.15) is 17.5 Å². The van der Waals surface area contributed by atoms with Crippen LogP contribution in [0.5, 0.6) is 0 Å². The van der Waals surface area contributed by atoms with Crippen molar-refractivity contribution in [1.82, 2.24) is 10.3 Å². The summed E-state index contributed by atoms with van der Waals surface area (Å²) in [6, 6.07) is 6.22. The third-order valence-corrected chi connectivity index (χ3v) is 3.65. The van der Waals surface area contributed by atoms with Crippen LogP contribution < -0.4 is 10.6 Å². The molecule has 0 fully saturated rings. The largest absolute Gasteiger partial charge is 0.337 e. The van der Waals surface area contributed by atoms with Crippen LogP contribution in [-0.4, -0.2) is 16.4 Å². The Kier molecular flexibility index (Phi) is 5.14. The van der Waals surface area contributed by atoms with Crippen molar-refractivity contribution in [1.29, 1.82) is 0 Å². The summed E-state index contributed by atoms with van der Waals surface area (Å²) in [5.74, 6) is 0.780. The summed E-state index contributed by atoms with van der Waals surface area (Å²) in [6.07, 6.45) is 7.46. The van der Waals surface area contributed by atoms with Gasteiger partial charge in [-0.25, -0.2) is 13.8 Å². The molecule has 4 nitrogen and oxygen atoms in total. The van der Waals surface area contributed by atoms with E-state index in [0.29, 0.717) is 6.42 Å². The van der Waals surface area contributed by atoms with Crippen LogP contribution in [0.2, 0.25) is 0 Å². The van der Waals surface area contributed by atoms with Gasteiger partial charge in [0.15, 0.2) is 0 Å². The first kappa shape index (κ1) is 17.4. The maximum atomic E-state index is 13.8. The molecular formula is C18H17F2N3O. The predicted molar refractivity (Wildman–Crippen MR) is 88.9 cm³/mol. The number of terminal acetylenes is 1. The molecule has 1 atom stereocenters. The van der Waals surface area contributed by atoms with E-state index in [4.69, 9.17) is 6.42 Å². The average Bonchev–Trinajstić information content (AvgIpc) is 2.57. The lowest BCUT2D eigenvalue weighted by atomic mass is 9.99. The Bertz CT molecular complexity index is 801. The number of hydrogen-bond donors (Lipinski definition) is 2. The van der Waals surface area contributed by atoms with Gasteiger partial charge < -0.3 is 10.6 Å². The molecule has 1 aromatic carbocycles. The maximum Gasteiger partial charge on any atom is 0.256 e. The zero-order valence-corrected chi connectivity index (χ0v) is 13.4. The van der Waals surface area contributed by atoms with Crippen molar-refractivity contribution in [3.63, 3.8) is 0 Å². The third-order valence-electron chi connectivity index (χ3n) is 3.65. The quantitative estimate of drug-likeness (QED) is 0.824. The molecule has 0 saturated carbocycles. The van der Waals surface area contributed by atoms with E-state index in [1.807, 2.05) is 6.92 Å². The number of anilines is 2. The molecule has 0 spiro atoms. The highest BCUT2D eigenvalue weighted by molar-refractivity contribution is 6.00.